The molecule has 2 aromatic rings. The fraction of sp³-hybridized carbons (Fsp3) is 0.421. The lowest BCUT2D eigenvalue weighted by Gasteiger charge is -2.34. The monoisotopic (exact) mass is 348 g/mol. The summed E-state index contributed by atoms with van der Waals surface area (Å²) in [6.07, 6.45) is 3.83. The SMILES string of the molecule is Cc1cccc(CCCN2CCN(C(=O)c3ccco3)CC2)c1.Cl. The number of carbonyl (C=O) groups is 1. The van der Waals surface area contributed by atoms with E-state index >= 15 is 0 Å². The highest BCUT2D eigenvalue weighted by molar-refractivity contribution is 5.91. The minimum Gasteiger partial charge on any atom is -0.459 e. The van der Waals surface area contributed by atoms with Crippen molar-refractivity contribution in [2.75, 3.05) is 32.7 Å². The molecule has 0 radical (unpaired) electrons. The van der Waals surface area contributed by atoms with Gasteiger partial charge in [0.25, 0.3) is 5.91 Å². The van der Waals surface area contributed by atoms with E-state index in [1.807, 2.05) is 4.90 Å². The summed E-state index contributed by atoms with van der Waals surface area (Å²) < 4.78 is 5.19. The first kappa shape index (κ1) is 18.6. The molecule has 1 fully saturated rings. The Morgan fingerprint density at radius 1 is 1.12 bits per heavy atom. The lowest BCUT2D eigenvalue weighted by Crippen LogP contribution is -2.48. The van der Waals surface area contributed by atoms with E-state index in [4.69, 9.17) is 4.42 Å². The van der Waals surface area contributed by atoms with Crippen molar-refractivity contribution < 1.29 is 9.21 Å². The Hall–Kier alpha value is -1.78. The fourth-order valence-electron chi connectivity index (χ4n) is 3.11. The van der Waals surface area contributed by atoms with E-state index in [9.17, 15) is 4.79 Å². The van der Waals surface area contributed by atoms with Crippen molar-refractivity contribution in [2.45, 2.75) is 19.8 Å². The average molecular weight is 349 g/mol. The van der Waals surface area contributed by atoms with E-state index in [1.165, 1.54) is 11.1 Å². The maximum absolute atomic E-state index is 12.2. The van der Waals surface area contributed by atoms with Crippen LogP contribution in [0.1, 0.15) is 28.1 Å². The molecule has 1 amide bonds. The van der Waals surface area contributed by atoms with Gasteiger partial charge >= 0.3 is 0 Å². The fourth-order valence-corrected chi connectivity index (χ4v) is 3.11. The lowest BCUT2D eigenvalue weighted by molar-refractivity contribution is 0.0605. The largest absolute Gasteiger partial charge is 0.459 e. The van der Waals surface area contributed by atoms with Gasteiger partial charge in [-0.3, -0.25) is 9.69 Å². The standard InChI is InChI=1S/C19H24N2O2.ClH/c1-16-5-2-6-17(15-16)7-3-9-20-10-12-21(13-11-20)19(22)18-8-4-14-23-18;/h2,4-6,8,14-15H,3,7,9-13H2,1H3;1H. The number of rotatable bonds is 5. The Morgan fingerprint density at radius 3 is 2.58 bits per heavy atom. The van der Waals surface area contributed by atoms with Gasteiger partial charge in [-0.2, -0.15) is 0 Å². The summed E-state index contributed by atoms with van der Waals surface area (Å²) in [6.45, 7) is 6.68. The van der Waals surface area contributed by atoms with Crippen LogP contribution in [-0.2, 0) is 6.42 Å². The molecule has 3 rings (SSSR count). The third kappa shape index (κ3) is 4.86. The Kier molecular flexibility index (Phi) is 6.88. The molecule has 0 unspecified atom stereocenters. The van der Waals surface area contributed by atoms with E-state index < -0.39 is 0 Å². The minimum absolute atomic E-state index is 0. The summed E-state index contributed by atoms with van der Waals surface area (Å²) in [6, 6.07) is 12.2. The number of nitrogens with zero attached hydrogens (tertiary/aromatic N) is 2. The van der Waals surface area contributed by atoms with Crippen molar-refractivity contribution in [1.29, 1.82) is 0 Å². The third-order valence-electron chi connectivity index (χ3n) is 4.41. The molecule has 1 saturated heterocycles. The van der Waals surface area contributed by atoms with Gasteiger partial charge in [-0.15, -0.1) is 12.4 Å². The zero-order valence-electron chi connectivity index (χ0n) is 14.1. The van der Waals surface area contributed by atoms with Crippen molar-refractivity contribution in [2.24, 2.45) is 0 Å². The first-order chi connectivity index (χ1) is 11.2. The zero-order chi connectivity index (χ0) is 16.1. The average Bonchev–Trinajstić information content (AvgIpc) is 3.09. The lowest BCUT2D eigenvalue weighted by atomic mass is 10.1. The summed E-state index contributed by atoms with van der Waals surface area (Å²) in [5.74, 6) is 0.451. The van der Waals surface area contributed by atoms with Crippen LogP contribution in [0.4, 0.5) is 0 Å². The van der Waals surface area contributed by atoms with Crippen molar-refractivity contribution in [3.8, 4) is 0 Å². The van der Waals surface area contributed by atoms with Crippen LogP contribution in [0, 0.1) is 6.92 Å². The van der Waals surface area contributed by atoms with Gasteiger partial charge in [0.15, 0.2) is 5.76 Å². The van der Waals surface area contributed by atoms with Gasteiger partial charge in [-0.1, -0.05) is 29.8 Å². The molecule has 0 aliphatic carbocycles. The molecule has 130 valence electrons. The van der Waals surface area contributed by atoms with Crippen molar-refractivity contribution in [3.63, 3.8) is 0 Å². The van der Waals surface area contributed by atoms with Crippen LogP contribution in [0.25, 0.3) is 0 Å². The number of amides is 1. The van der Waals surface area contributed by atoms with Gasteiger partial charge in [0.2, 0.25) is 0 Å². The number of hydrogen-bond acceptors (Lipinski definition) is 3. The summed E-state index contributed by atoms with van der Waals surface area (Å²) in [7, 11) is 0. The second kappa shape index (κ2) is 8.90. The first-order valence-corrected chi connectivity index (χ1v) is 8.33. The van der Waals surface area contributed by atoms with Crippen molar-refractivity contribution >= 4 is 18.3 Å². The van der Waals surface area contributed by atoms with Crippen LogP contribution < -0.4 is 0 Å². The van der Waals surface area contributed by atoms with E-state index in [0.29, 0.717) is 5.76 Å². The zero-order valence-corrected chi connectivity index (χ0v) is 14.9. The number of carbonyl (C=O) groups excluding carboxylic acids is 1. The minimum atomic E-state index is 0. The number of aryl methyl sites for hydroxylation is 2. The highest BCUT2D eigenvalue weighted by Gasteiger charge is 2.23. The molecular weight excluding hydrogens is 324 g/mol. The summed E-state index contributed by atoms with van der Waals surface area (Å²) in [5, 5.41) is 0. The number of piperazine rings is 1. The second-order valence-electron chi connectivity index (χ2n) is 6.20. The molecule has 1 aliphatic heterocycles. The molecule has 0 atom stereocenters. The van der Waals surface area contributed by atoms with Crippen LogP contribution in [0.2, 0.25) is 0 Å². The number of halogens is 1. The Balaban J connectivity index is 0.00000208. The predicted molar refractivity (Wildman–Crippen MR) is 97.8 cm³/mol. The van der Waals surface area contributed by atoms with Crippen LogP contribution in [0.15, 0.2) is 47.1 Å². The second-order valence-corrected chi connectivity index (χ2v) is 6.20. The van der Waals surface area contributed by atoms with E-state index in [-0.39, 0.29) is 18.3 Å². The smallest absolute Gasteiger partial charge is 0.289 e. The van der Waals surface area contributed by atoms with Gasteiger partial charge in [0.05, 0.1) is 6.26 Å². The summed E-state index contributed by atoms with van der Waals surface area (Å²) in [4.78, 5) is 16.5. The quantitative estimate of drug-likeness (QED) is 0.831. The van der Waals surface area contributed by atoms with Crippen LogP contribution in [-0.4, -0.2) is 48.4 Å². The first-order valence-electron chi connectivity index (χ1n) is 8.33. The molecule has 1 aromatic carbocycles. The summed E-state index contributed by atoms with van der Waals surface area (Å²) >= 11 is 0. The molecule has 0 N–H and O–H groups in total. The molecule has 4 nitrogen and oxygen atoms in total. The number of hydrogen-bond donors (Lipinski definition) is 0. The molecule has 0 saturated carbocycles. The Bertz CT molecular complexity index is 635. The molecule has 1 aliphatic rings. The van der Waals surface area contributed by atoms with Gasteiger partial charge in [-0.05, 0) is 44.0 Å². The van der Waals surface area contributed by atoms with Crippen LogP contribution in [0.5, 0.6) is 0 Å². The van der Waals surface area contributed by atoms with E-state index in [2.05, 4.69) is 36.1 Å². The Morgan fingerprint density at radius 2 is 1.92 bits per heavy atom. The van der Waals surface area contributed by atoms with Gasteiger partial charge < -0.3 is 9.32 Å². The van der Waals surface area contributed by atoms with Gasteiger partial charge in [0.1, 0.15) is 0 Å². The van der Waals surface area contributed by atoms with Gasteiger partial charge in [-0.25, -0.2) is 0 Å². The van der Waals surface area contributed by atoms with Crippen molar-refractivity contribution in [3.05, 3.63) is 59.5 Å². The normalized spacial score (nSPS) is 15.1. The van der Waals surface area contributed by atoms with Crippen LogP contribution >= 0.6 is 12.4 Å². The summed E-state index contributed by atoms with van der Waals surface area (Å²) in [5.41, 5.74) is 2.74. The maximum Gasteiger partial charge on any atom is 0.289 e. The number of furan rings is 1. The third-order valence-corrected chi connectivity index (χ3v) is 4.41. The molecule has 24 heavy (non-hydrogen) atoms. The highest BCUT2D eigenvalue weighted by Crippen LogP contribution is 2.11. The topological polar surface area (TPSA) is 36.7 Å². The Labute approximate surface area is 149 Å². The van der Waals surface area contributed by atoms with Crippen LogP contribution in [0.3, 0.4) is 0 Å². The molecule has 2 heterocycles. The predicted octanol–water partition coefficient (Wildman–Crippen LogP) is 3.40. The number of benzene rings is 1. The molecule has 0 bridgehead atoms. The molecule has 5 heteroatoms. The van der Waals surface area contributed by atoms with Crippen molar-refractivity contribution in [1.82, 2.24) is 9.80 Å². The van der Waals surface area contributed by atoms with E-state index in [0.717, 1.165) is 45.6 Å². The van der Waals surface area contributed by atoms with Gasteiger partial charge in [0, 0.05) is 26.2 Å². The molecular formula is C19H25ClN2O2. The highest BCUT2D eigenvalue weighted by atomic mass is 35.5. The molecule has 1 aromatic heterocycles. The maximum atomic E-state index is 12.2. The van der Waals surface area contributed by atoms with E-state index in [1.54, 1.807) is 18.4 Å². The molecule has 0 spiro atoms.